The van der Waals surface area contributed by atoms with E-state index in [1.54, 1.807) is 12.0 Å². The van der Waals surface area contributed by atoms with E-state index in [4.69, 9.17) is 4.74 Å². The molecule has 2 amide bonds. The van der Waals surface area contributed by atoms with Gasteiger partial charge in [-0.1, -0.05) is 50.7 Å². The van der Waals surface area contributed by atoms with E-state index in [1.165, 1.54) is 11.8 Å². The van der Waals surface area contributed by atoms with Gasteiger partial charge in [-0.2, -0.15) is 0 Å². The molecule has 2 heterocycles. The summed E-state index contributed by atoms with van der Waals surface area (Å²) in [7, 11) is 1.59. The molecule has 2 aromatic rings. The molecule has 1 N–H and O–H groups in total. The van der Waals surface area contributed by atoms with Gasteiger partial charge >= 0.3 is 0 Å². The normalized spacial score (nSPS) is 20.7. The summed E-state index contributed by atoms with van der Waals surface area (Å²) >= 11 is 1.46. The molecule has 2 aliphatic heterocycles. The molecule has 0 bridgehead atoms. The Morgan fingerprint density at radius 3 is 2.68 bits per heavy atom. The first-order valence-electron chi connectivity index (χ1n) is 9.37. The number of hydrogen-bond donors (Lipinski definition) is 1. The molecule has 0 aliphatic carbocycles. The zero-order chi connectivity index (χ0) is 20.1. The second kappa shape index (κ2) is 6.55. The largest absolute Gasteiger partial charge is 0.495 e. The Morgan fingerprint density at radius 1 is 1.21 bits per heavy atom. The third-order valence-electron chi connectivity index (χ3n) is 5.34. The Kier molecular flexibility index (Phi) is 4.42. The lowest BCUT2D eigenvalue weighted by Crippen LogP contribution is -2.49. The second-order valence-corrected chi connectivity index (χ2v) is 9.52. The smallest absolute Gasteiger partial charge is 0.261 e. The maximum atomic E-state index is 13.5. The fourth-order valence-corrected chi connectivity index (χ4v) is 5.20. The number of anilines is 2. The first-order chi connectivity index (χ1) is 13.3. The Bertz CT molecular complexity index is 966. The third kappa shape index (κ3) is 2.87. The molecule has 0 saturated carbocycles. The van der Waals surface area contributed by atoms with E-state index in [2.05, 4.69) is 26.1 Å². The lowest BCUT2D eigenvalue weighted by molar-refractivity contribution is -0.121. The molecule has 0 spiro atoms. The number of fused-ring (bicyclic) bond motifs is 3. The van der Waals surface area contributed by atoms with Crippen LogP contribution in [0.2, 0.25) is 0 Å². The number of rotatable bonds is 3. The first kappa shape index (κ1) is 18.9. The minimum atomic E-state index is -0.941. The van der Waals surface area contributed by atoms with Crippen LogP contribution in [0.25, 0.3) is 0 Å². The zero-order valence-corrected chi connectivity index (χ0v) is 17.4. The van der Waals surface area contributed by atoms with Crippen molar-refractivity contribution in [1.29, 1.82) is 0 Å². The number of nitrogens with zero attached hydrogens (tertiary/aromatic N) is 1. The van der Waals surface area contributed by atoms with Crippen LogP contribution in [-0.2, 0) is 15.0 Å². The highest BCUT2D eigenvalue weighted by molar-refractivity contribution is 8.02. The molecule has 5 nitrogen and oxygen atoms in total. The van der Waals surface area contributed by atoms with Gasteiger partial charge < -0.3 is 10.1 Å². The number of benzene rings is 2. The van der Waals surface area contributed by atoms with Crippen molar-refractivity contribution in [2.75, 3.05) is 17.3 Å². The molecule has 1 unspecified atom stereocenters. The van der Waals surface area contributed by atoms with Crippen molar-refractivity contribution in [3.8, 4) is 5.75 Å². The summed E-state index contributed by atoms with van der Waals surface area (Å²) in [6.07, 6.45) is 0.853. The Labute approximate surface area is 169 Å². The van der Waals surface area contributed by atoms with Gasteiger partial charge in [0.2, 0.25) is 5.91 Å². The van der Waals surface area contributed by atoms with Crippen LogP contribution in [0.3, 0.4) is 0 Å². The van der Waals surface area contributed by atoms with Gasteiger partial charge in [-0.25, -0.2) is 0 Å². The Balaban J connectivity index is 1.70. The first-order valence-corrected chi connectivity index (χ1v) is 10.2. The van der Waals surface area contributed by atoms with Crippen molar-refractivity contribution < 1.29 is 14.3 Å². The summed E-state index contributed by atoms with van der Waals surface area (Å²) < 4.78 is 5.47. The summed E-state index contributed by atoms with van der Waals surface area (Å²) in [5.41, 5.74) is 2.49. The molecule has 1 atom stereocenters. The minimum absolute atomic E-state index is 0.0111. The Morgan fingerprint density at radius 2 is 1.96 bits per heavy atom. The highest BCUT2D eigenvalue weighted by atomic mass is 32.2. The molecule has 28 heavy (non-hydrogen) atoms. The van der Waals surface area contributed by atoms with Crippen LogP contribution in [-0.4, -0.2) is 23.8 Å². The zero-order valence-electron chi connectivity index (χ0n) is 16.5. The summed E-state index contributed by atoms with van der Waals surface area (Å²) in [5, 5.41) is 3.05. The van der Waals surface area contributed by atoms with E-state index >= 15 is 0 Å². The molecule has 0 aromatic heterocycles. The number of carbonyl (C=O) groups excluding carboxylic acids is 2. The van der Waals surface area contributed by atoms with Gasteiger partial charge in [0.25, 0.3) is 5.91 Å². The van der Waals surface area contributed by atoms with Gasteiger partial charge in [-0.15, -0.1) is 0 Å². The molecular formula is C22H24N2O3S. The topological polar surface area (TPSA) is 58.6 Å². The SMILES string of the molecule is COc1ccc(C(C)(C)C)cc1NC(=O)C12CCC(=O)N1c1ccccc1S2. The second-order valence-electron chi connectivity index (χ2n) is 8.20. The summed E-state index contributed by atoms with van der Waals surface area (Å²) in [6, 6.07) is 13.5. The molecule has 2 aromatic carbocycles. The summed E-state index contributed by atoms with van der Waals surface area (Å²) in [5.74, 6) is 0.404. The van der Waals surface area contributed by atoms with Gasteiger partial charge in [0.05, 0.1) is 18.5 Å². The van der Waals surface area contributed by atoms with Gasteiger partial charge in [-0.05, 0) is 41.7 Å². The number of thioether (sulfide) groups is 1. The monoisotopic (exact) mass is 396 g/mol. The molecule has 6 heteroatoms. The van der Waals surface area contributed by atoms with E-state index in [0.29, 0.717) is 24.3 Å². The molecule has 4 rings (SSSR count). The number of nitrogens with one attached hydrogen (secondary N) is 1. The van der Waals surface area contributed by atoms with Crippen molar-refractivity contribution >= 4 is 35.0 Å². The standard InChI is InChI=1S/C22H24N2O3S/c1-21(2,3)14-9-10-17(27-4)15(13-14)23-20(26)22-12-11-19(25)24(22)16-7-5-6-8-18(16)28-22/h5-10,13H,11-12H2,1-4H3,(H,23,26). The number of methoxy groups -OCH3 is 1. The lowest BCUT2D eigenvalue weighted by Gasteiger charge is -2.30. The maximum absolute atomic E-state index is 13.5. The molecule has 1 fully saturated rings. The van der Waals surface area contributed by atoms with Crippen LogP contribution < -0.4 is 15.0 Å². The number of amides is 2. The van der Waals surface area contributed by atoms with E-state index in [9.17, 15) is 9.59 Å². The number of hydrogen-bond acceptors (Lipinski definition) is 4. The van der Waals surface area contributed by atoms with E-state index in [1.807, 2.05) is 42.5 Å². The van der Waals surface area contributed by atoms with Gasteiger partial charge in [0.1, 0.15) is 5.75 Å². The quantitative estimate of drug-likeness (QED) is 0.826. The summed E-state index contributed by atoms with van der Waals surface area (Å²) in [4.78, 5) is 27.8. The summed E-state index contributed by atoms with van der Waals surface area (Å²) in [6.45, 7) is 6.37. The predicted molar refractivity (Wildman–Crippen MR) is 112 cm³/mol. The highest BCUT2D eigenvalue weighted by Gasteiger charge is 2.57. The van der Waals surface area contributed by atoms with Crippen LogP contribution in [0.15, 0.2) is 47.4 Å². The van der Waals surface area contributed by atoms with Crippen LogP contribution in [0, 0.1) is 0 Å². The van der Waals surface area contributed by atoms with Crippen molar-refractivity contribution in [2.24, 2.45) is 0 Å². The fraction of sp³-hybridized carbons (Fsp3) is 0.364. The fourth-order valence-electron chi connectivity index (χ4n) is 3.79. The highest BCUT2D eigenvalue weighted by Crippen LogP contribution is 2.56. The molecule has 1 saturated heterocycles. The average molecular weight is 397 g/mol. The molecule has 146 valence electrons. The Hall–Kier alpha value is -2.47. The van der Waals surface area contributed by atoms with Crippen LogP contribution in [0.1, 0.15) is 39.2 Å². The predicted octanol–water partition coefficient (Wildman–Crippen LogP) is 4.56. The van der Waals surface area contributed by atoms with E-state index < -0.39 is 4.87 Å². The number of ether oxygens (including phenoxy) is 1. The van der Waals surface area contributed by atoms with Crippen LogP contribution >= 0.6 is 11.8 Å². The van der Waals surface area contributed by atoms with Crippen molar-refractivity contribution in [1.82, 2.24) is 0 Å². The minimum Gasteiger partial charge on any atom is -0.495 e. The van der Waals surface area contributed by atoms with Gasteiger partial charge in [-0.3, -0.25) is 14.5 Å². The molecule has 2 aliphatic rings. The van der Waals surface area contributed by atoms with Crippen molar-refractivity contribution in [3.05, 3.63) is 48.0 Å². The van der Waals surface area contributed by atoms with Gasteiger partial charge in [0.15, 0.2) is 4.87 Å². The van der Waals surface area contributed by atoms with E-state index in [-0.39, 0.29) is 17.2 Å². The molecular weight excluding hydrogens is 372 g/mol. The van der Waals surface area contributed by atoms with E-state index in [0.717, 1.165) is 16.1 Å². The number of para-hydroxylation sites is 1. The van der Waals surface area contributed by atoms with Crippen molar-refractivity contribution in [3.63, 3.8) is 0 Å². The van der Waals surface area contributed by atoms with Gasteiger partial charge in [0, 0.05) is 11.3 Å². The molecule has 0 radical (unpaired) electrons. The van der Waals surface area contributed by atoms with Crippen LogP contribution in [0.5, 0.6) is 5.75 Å². The van der Waals surface area contributed by atoms with Crippen LogP contribution in [0.4, 0.5) is 11.4 Å². The number of carbonyl (C=O) groups is 2. The van der Waals surface area contributed by atoms with Crippen molar-refractivity contribution in [2.45, 2.75) is 48.8 Å². The lowest BCUT2D eigenvalue weighted by atomic mass is 9.87. The third-order valence-corrected chi connectivity index (χ3v) is 6.82. The average Bonchev–Trinajstić information content (AvgIpc) is 3.17. The maximum Gasteiger partial charge on any atom is 0.261 e.